The topological polar surface area (TPSA) is 93.1 Å². The minimum Gasteiger partial charge on any atom is -0.309 e. The van der Waals surface area contributed by atoms with Gasteiger partial charge in [-0.25, -0.2) is 13.1 Å². The van der Waals surface area contributed by atoms with Crippen LogP contribution in [-0.4, -0.2) is 36.4 Å². The molecule has 7 nitrogen and oxygen atoms in total. The number of anilines is 1. The Kier molecular flexibility index (Phi) is 4.12. The first-order valence-electron chi connectivity index (χ1n) is 5.40. The van der Waals surface area contributed by atoms with E-state index < -0.39 is 22.0 Å². The Balaban J connectivity index is 2.82. The first kappa shape index (κ1) is 14.7. The van der Waals surface area contributed by atoms with Crippen molar-refractivity contribution in [2.24, 2.45) is 7.05 Å². The molecule has 1 amide bonds. The summed E-state index contributed by atoms with van der Waals surface area (Å²) in [6.07, 6.45) is 1.01. The van der Waals surface area contributed by atoms with Gasteiger partial charge < -0.3 is 5.32 Å². The molecule has 0 aliphatic heterocycles. The van der Waals surface area contributed by atoms with Crippen molar-refractivity contribution in [1.82, 2.24) is 14.5 Å². The maximum absolute atomic E-state index is 11.8. The molecule has 18 heavy (non-hydrogen) atoms. The SMILES string of the molecule is Cc1nn(C)c(NC(=O)C(C)NS(C)(=O)=O)c1C. The number of aromatic nitrogens is 2. The van der Waals surface area contributed by atoms with Crippen LogP contribution >= 0.6 is 0 Å². The molecule has 8 heteroatoms. The smallest absolute Gasteiger partial charge is 0.243 e. The fraction of sp³-hybridized carbons (Fsp3) is 0.600. The summed E-state index contributed by atoms with van der Waals surface area (Å²) in [5.74, 6) is 0.145. The molecular formula is C10H18N4O3S. The second-order valence-corrected chi connectivity index (χ2v) is 6.06. The second kappa shape index (κ2) is 5.07. The summed E-state index contributed by atoms with van der Waals surface area (Å²) >= 11 is 0. The number of hydrogen-bond acceptors (Lipinski definition) is 4. The van der Waals surface area contributed by atoms with Crippen molar-refractivity contribution in [3.63, 3.8) is 0 Å². The van der Waals surface area contributed by atoms with Crippen LogP contribution in [0.1, 0.15) is 18.2 Å². The molecule has 0 aromatic carbocycles. The lowest BCUT2D eigenvalue weighted by Gasteiger charge is -2.13. The molecule has 0 aliphatic carbocycles. The Labute approximate surface area is 107 Å². The fourth-order valence-corrected chi connectivity index (χ4v) is 2.29. The van der Waals surface area contributed by atoms with E-state index in [1.807, 2.05) is 13.8 Å². The van der Waals surface area contributed by atoms with Crippen LogP contribution in [0, 0.1) is 13.8 Å². The molecule has 1 atom stereocenters. The molecule has 2 N–H and O–H groups in total. The van der Waals surface area contributed by atoms with Crippen LogP contribution in [0.25, 0.3) is 0 Å². The van der Waals surface area contributed by atoms with Gasteiger partial charge in [-0.3, -0.25) is 9.48 Å². The molecule has 1 unspecified atom stereocenters. The number of nitrogens with zero attached hydrogens (tertiary/aromatic N) is 2. The molecule has 0 spiro atoms. The maximum atomic E-state index is 11.8. The van der Waals surface area contributed by atoms with Crippen molar-refractivity contribution in [1.29, 1.82) is 0 Å². The summed E-state index contributed by atoms with van der Waals surface area (Å²) in [6.45, 7) is 5.16. The number of carbonyl (C=O) groups is 1. The van der Waals surface area contributed by atoms with Crippen LogP contribution in [0.5, 0.6) is 0 Å². The minimum atomic E-state index is -3.41. The van der Waals surface area contributed by atoms with Crippen LogP contribution < -0.4 is 10.0 Å². The van der Waals surface area contributed by atoms with Gasteiger partial charge in [-0.15, -0.1) is 0 Å². The van der Waals surface area contributed by atoms with Crippen molar-refractivity contribution in [3.05, 3.63) is 11.3 Å². The quantitative estimate of drug-likeness (QED) is 0.802. The van der Waals surface area contributed by atoms with Gasteiger partial charge in [-0.1, -0.05) is 0 Å². The van der Waals surface area contributed by atoms with E-state index in [2.05, 4.69) is 15.1 Å². The monoisotopic (exact) mass is 274 g/mol. The van der Waals surface area contributed by atoms with Gasteiger partial charge in [0.2, 0.25) is 15.9 Å². The molecule has 0 bridgehead atoms. The van der Waals surface area contributed by atoms with E-state index in [4.69, 9.17) is 0 Å². The lowest BCUT2D eigenvalue weighted by Crippen LogP contribution is -2.41. The lowest BCUT2D eigenvalue weighted by molar-refractivity contribution is -0.117. The summed E-state index contributed by atoms with van der Waals surface area (Å²) < 4.78 is 25.8. The van der Waals surface area contributed by atoms with Gasteiger partial charge in [-0.2, -0.15) is 5.10 Å². The molecular weight excluding hydrogens is 256 g/mol. The van der Waals surface area contributed by atoms with Gasteiger partial charge >= 0.3 is 0 Å². The van der Waals surface area contributed by atoms with E-state index in [9.17, 15) is 13.2 Å². The summed E-state index contributed by atoms with van der Waals surface area (Å²) in [7, 11) is -1.70. The molecule has 0 radical (unpaired) electrons. The van der Waals surface area contributed by atoms with Gasteiger partial charge in [0.1, 0.15) is 5.82 Å². The number of sulfonamides is 1. The number of carbonyl (C=O) groups excluding carboxylic acids is 1. The predicted molar refractivity (Wildman–Crippen MR) is 68.8 cm³/mol. The molecule has 1 aromatic rings. The van der Waals surface area contributed by atoms with E-state index >= 15 is 0 Å². The highest BCUT2D eigenvalue weighted by Gasteiger charge is 2.19. The number of amides is 1. The summed E-state index contributed by atoms with van der Waals surface area (Å²) in [5.41, 5.74) is 1.67. The highest BCUT2D eigenvalue weighted by molar-refractivity contribution is 7.88. The van der Waals surface area contributed by atoms with E-state index in [1.54, 1.807) is 11.7 Å². The maximum Gasteiger partial charge on any atom is 0.243 e. The standard InChI is InChI=1S/C10H18N4O3S/c1-6-7(2)12-14(4)9(6)11-10(15)8(3)13-18(5,16)17/h8,13H,1-5H3,(H,11,15). The molecule has 0 saturated carbocycles. The summed E-state index contributed by atoms with van der Waals surface area (Å²) in [6, 6.07) is -0.838. The largest absolute Gasteiger partial charge is 0.309 e. The van der Waals surface area contributed by atoms with Crippen LogP contribution in [0.3, 0.4) is 0 Å². The average Bonchev–Trinajstić information content (AvgIpc) is 2.42. The zero-order valence-electron chi connectivity index (χ0n) is 11.1. The Morgan fingerprint density at radius 2 is 1.94 bits per heavy atom. The average molecular weight is 274 g/mol. The summed E-state index contributed by atoms with van der Waals surface area (Å²) in [4.78, 5) is 11.8. The number of aryl methyl sites for hydroxylation is 2. The molecule has 0 saturated heterocycles. The lowest BCUT2D eigenvalue weighted by atomic mass is 10.2. The van der Waals surface area contributed by atoms with Gasteiger partial charge in [0, 0.05) is 12.6 Å². The Morgan fingerprint density at radius 1 is 1.39 bits per heavy atom. The third-order valence-electron chi connectivity index (χ3n) is 2.55. The third kappa shape index (κ3) is 3.54. The van der Waals surface area contributed by atoms with Crippen molar-refractivity contribution >= 4 is 21.7 Å². The highest BCUT2D eigenvalue weighted by Crippen LogP contribution is 2.16. The number of rotatable bonds is 4. The molecule has 102 valence electrons. The zero-order valence-corrected chi connectivity index (χ0v) is 11.9. The van der Waals surface area contributed by atoms with Crippen molar-refractivity contribution in [3.8, 4) is 0 Å². The first-order valence-corrected chi connectivity index (χ1v) is 7.29. The van der Waals surface area contributed by atoms with Crippen molar-refractivity contribution in [2.75, 3.05) is 11.6 Å². The third-order valence-corrected chi connectivity index (χ3v) is 3.33. The minimum absolute atomic E-state index is 0.425. The van der Waals surface area contributed by atoms with Gasteiger partial charge in [0.15, 0.2) is 0 Å². The van der Waals surface area contributed by atoms with Gasteiger partial charge in [-0.05, 0) is 20.8 Å². The van der Waals surface area contributed by atoms with Crippen LogP contribution in [-0.2, 0) is 21.9 Å². The highest BCUT2D eigenvalue weighted by atomic mass is 32.2. The Morgan fingerprint density at radius 3 is 2.33 bits per heavy atom. The molecule has 0 aliphatic rings. The van der Waals surface area contributed by atoms with E-state index in [0.29, 0.717) is 5.82 Å². The van der Waals surface area contributed by atoms with Gasteiger partial charge in [0.05, 0.1) is 18.0 Å². The van der Waals surface area contributed by atoms with Crippen LogP contribution in [0.4, 0.5) is 5.82 Å². The second-order valence-electron chi connectivity index (χ2n) is 4.28. The molecule has 1 rings (SSSR count). The summed E-state index contributed by atoms with van der Waals surface area (Å²) in [5, 5.41) is 6.82. The van der Waals surface area contributed by atoms with Gasteiger partial charge in [0.25, 0.3) is 0 Å². The molecule has 0 fully saturated rings. The number of nitrogens with one attached hydrogen (secondary N) is 2. The Hall–Kier alpha value is -1.41. The molecule has 1 heterocycles. The fourth-order valence-electron chi connectivity index (χ4n) is 1.54. The molecule has 1 aromatic heterocycles. The van der Waals surface area contributed by atoms with E-state index in [0.717, 1.165) is 17.5 Å². The van der Waals surface area contributed by atoms with Crippen molar-refractivity contribution in [2.45, 2.75) is 26.8 Å². The van der Waals surface area contributed by atoms with Crippen molar-refractivity contribution < 1.29 is 13.2 Å². The van der Waals surface area contributed by atoms with E-state index in [-0.39, 0.29) is 0 Å². The normalized spacial score (nSPS) is 13.4. The van der Waals surface area contributed by atoms with E-state index in [1.165, 1.54) is 6.92 Å². The predicted octanol–water partition coefficient (Wildman–Crippen LogP) is -0.0869. The Bertz CT molecular complexity index is 562. The zero-order chi connectivity index (χ0) is 14.1. The van der Waals surface area contributed by atoms with Crippen LogP contribution in [0.15, 0.2) is 0 Å². The first-order chi connectivity index (χ1) is 8.11. The number of hydrogen-bond donors (Lipinski definition) is 2. The van der Waals surface area contributed by atoms with Crippen LogP contribution in [0.2, 0.25) is 0 Å².